The third-order valence-corrected chi connectivity index (χ3v) is 3.86. The molecule has 0 aliphatic heterocycles. The molecule has 0 aliphatic rings. The third-order valence-electron chi connectivity index (χ3n) is 2.61. The third kappa shape index (κ3) is 2.97. The van der Waals surface area contributed by atoms with Crippen molar-refractivity contribution in [1.29, 1.82) is 0 Å². The zero-order chi connectivity index (χ0) is 13.8. The van der Waals surface area contributed by atoms with Crippen LogP contribution in [0.1, 0.15) is 5.56 Å². The molecule has 0 fully saturated rings. The Labute approximate surface area is 125 Å². The van der Waals surface area contributed by atoms with Crippen LogP contribution >= 0.6 is 23.4 Å². The average molecular weight is 304 g/mol. The van der Waals surface area contributed by atoms with Gasteiger partial charge < -0.3 is 0 Å². The molecule has 3 aromatic rings. The van der Waals surface area contributed by atoms with Crippen LogP contribution in [0.3, 0.4) is 0 Å². The Morgan fingerprint density at radius 2 is 2.00 bits per heavy atom. The maximum atomic E-state index is 5.87. The van der Waals surface area contributed by atoms with E-state index in [0.717, 1.165) is 21.6 Å². The maximum Gasteiger partial charge on any atom is 0.214 e. The van der Waals surface area contributed by atoms with E-state index in [1.54, 1.807) is 28.8 Å². The molecule has 0 bridgehead atoms. The lowest BCUT2D eigenvalue weighted by atomic mass is 10.2. The molecule has 0 spiro atoms. The van der Waals surface area contributed by atoms with Gasteiger partial charge in [0, 0.05) is 17.0 Å². The Bertz CT molecular complexity index is 683. The standard InChI is InChI=1S/C13H10ClN5S/c14-11-5-3-10(4-6-11)9-20-13-16-17-18-19(13)12-2-1-7-15-8-12/h1-8H,9H2. The second kappa shape index (κ2) is 6.02. The quantitative estimate of drug-likeness (QED) is 0.694. The molecular weight excluding hydrogens is 294 g/mol. The van der Waals surface area contributed by atoms with Gasteiger partial charge in [0.25, 0.3) is 0 Å². The van der Waals surface area contributed by atoms with E-state index in [-0.39, 0.29) is 0 Å². The van der Waals surface area contributed by atoms with E-state index < -0.39 is 0 Å². The first-order valence-corrected chi connectivity index (χ1v) is 7.25. The number of thioether (sulfide) groups is 1. The lowest BCUT2D eigenvalue weighted by Gasteiger charge is -2.03. The molecule has 0 amide bonds. The molecule has 0 saturated carbocycles. The van der Waals surface area contributed by atoms with E-state index in [1.165, 1.54) is 5.56 Å². The van der Waals surface area contributed by atoms with Crippen molar-refractivity contribution in [3.05, 3.63) is 59.4 Å². The predicted molar refractivity (Wildman–Crippen MR) is 78.0 cm³/mol. The highest BCUT2D eigenvalue weighted by Gasteiger charge is 2.09. The summed E-state index contributed by atoms with van der Waals surface area (Å²) in [5, 5.41) is 13.2. The second-order valence-electron chi connectivity index (χ2n) is 4.00. The molecule has 5 nitrogen and oxygen atoms in total. The predicted octanol–water partition coefficient (Wildman–Crippen LogP) is 3.00. The number of rotatable bonds is 4. The molecule has 0 radical (unpaired) electrons. The first-order valence-electron chi connectivity index (χ1n) is 5.89. The minimum Gasteiger partial charge on any atom is -0.262 e. The van der Waals surface area contributed by atoms with Gasteiger partial charge in [0.2, 0.25) is 5.16 Å². The van der Waals surface area contributed by atoms with Crippen LogP contribution in [-0.2, 0) is 5.75 Å². The summed E-state index contributed by atoms with van der Waals surface area (Å²) in [5.41, 5.74) is 2.01. The Balaban J connectivity index is 1.76. The average Bonchev–Trinajstić information content (AvgIpc) is 2.96. The zero-order valence-corrected chi connectivity index (χ0v) is 11.9. The summed E-state index contributed by atoms with van der Waals surface area (Å²) in [6.07, 6.45) is 3.44. The first kappa shape index (κ1) is 13.1. The van der Waals surface area contributed by atoms with E-state index in [0.29, 0.717) is 0 Å². The molecule has 2 heterocycles. The lowest BCUT2D eigenvalue weighted by molar-refractivity contribution is 0.753. The number of benzene rings is 1. The minimum absolute atomic E-state index is 0.730. The Morgan fingerprint density at radius 1 is 1.15 bits per heavy atom. The van der Waals surface area contributed by atoms with Gasteiger partial charge in [0.05, 0.1) is 11.9 Å². The summed E-state index contributed by atoms with van der Waals surface area (Å²) < 4.78 is 1.67. The van der Waals surface area contributed by atoms with Crippen LogP contribution in [0.5, 0.6) is 0 Å². The summed E-state index contributed by atoms with van der Waals surface area (Å²) in [4.78, 5) is 4.07. The lowest BCUT2D eigenvalue weighted by Crippen LogP contribution is -1.99. The fourth-order valence-electron chi connectivity index (χ4n) is 1.64. The molecule has 100 valence electrons. The highest BCUT2D eigenvalue weighted by atomic mass is 35.5. The Hall–Kier alpha value is -1.92. The minimum atomic E-state index is 0.730. The number of hydrogen-bond acceptors (Lipinski definition) is 5. The fraction of sp³-hybridized carbons (Fsp3) is 0.0769. The monoisotopic (exact) mass is 303 g/mol. The van der Waals surface area contributed by atoms with Gasteiger partial charge in [-0.3, -0.25) is 4.98 Å². The Morgan fingerprint density at radius 3 is 2.75 bits per heavy atom. The molecule has 0 saturated heterocycles. The summed E-state index contributed by atoms with van der Waals surface area (Å²) in [5.74, 6) is 0.776. The van der Waals surface area contributed by atoms with Crippen LogP contribution in [0, 0.1) is 0 Å². The summed E-state index contributed by atoms with van der Waals surface area (Å²) in [6.45, 7) is 0. The van der Waals surface area contributed by atoms with Gasteiger partial charge in [0.1, 0.15) is 0 Å². The van der Waals surface area contributed by atoms with Gasteiger partial charge in [-0.05, 0) is 40.3 Å². The van der Waals surface area contributed by atoms with Crippen molar-refractivity contribution >= 4 is 23.4 Å². The zero-order valence-electron chi connectivity index (χ0n) is 10.3. The van der Waals surface area contributed by atoms with Gasteiger partial charge in [-0.2, -0.15) is 4.68 Å². The van der Waals surface area contributed by atoms with Crippen molar-refractivity contribution in [2.24, 2.45) is 0 Å². The molecular formula is C13H10ClN5S. The van der Waals surface area contributed by atoms with Gasteiger partial charge in [-0.15, -0.1) is 5.10 Å². The smallest absolute Gasteiger partial charge is 0.214 e. The van der Waals surface area contributed by atoms with Crippen LogP contribution in [0.2, 0.25) is 5.02 Å². The van der Waals surface area contributed by atoms with E-state index in [2.05, 4.69) is 20.5 Å². The van der Waals surface area contributed by atoms with Crippen molar-refractivity contribution in [3.63, 3.8) is 0 Å². The highest BCUT2D eigenvalue weighted by Crippen LogP contribution is 2.22. The van der Waals surface area contributed by atoms with Crippen molar-refractivity contribution < 1.29 is 0 Å². The van der Waals surface area contributed by atoms with Crippen molar-refractivity contribution in [1.82, 2.24) is 25.2 Å². The topological polar surface area (TPSA) is 56.5 Å². The van der Waals surface area contributed by atoms with Gasteiger partial charge in [0.15, 0.2) is 0 Å². The molecule has 3 rings (SSSR count). The molecule has 0 unspecified atom stereocenters. The van der Waals surface area contributed by atoms with Gasteiger partial charge in [-0.1, -0.05) is 35.5 Å². The van der Waals surface area contributed by atoms with Crippen LogP contribution in [-0.4, -0.2) is 25.2 Å². The van der Waals surface area contributed by atoms with Crippen LogP contribution in [0.4, 0.5) is 0 Å². The van der Waals surface area contributed by atoms with Crippen molar-refractivity contribution in [2.75, 3.05) is 0 Å². The molecule has 0 N–H and O–H groups in total. The molecule has 20 heavy (non-hydrogen) atoms. The summed E-state index contributed by atoms with van der Waals surface area (Å²) in [7, 11) is 0. The number of pyridine rings is 1. The summed E-state index contributed by atoms with van der Waals surface area (Å²) >= 11 is 7.43. The van der Waals surface area contributed by atoms with Crippen LogP contribution in [0.25, 0.3) is 5.69 Å². The Kier molecular flexibility index (Phi) is 3.94. The van der Waals surface area contributed by atoms with Crippen LogP contribution in [0.15, 0.2) is 53.9 Å². The molecule has 2 aromatic heterocycles. The van der Waals surface area contributed by atoms with E-state index >= 15 is 0 Å². The number of nitrogens with zero attached hydrogens (tertiary/aromatic N) is 5. The van der Waals surface area contributed by atoms with E-state index in [9.17, 15) is 0 Å². The van der Waals surface area contributed by atoms with Gasteiger partial charge in [-0.25, -0.2) is 0 Å². The van der Waals surface area contributed by atoms with E-state index in [1.807, 2.05) is 36.4 Å². The van der Waals surface area contributed by atoms with Gasteiger partial charge >= 0.3 is 0 Å². The number of tetrazole rings is 1. The van der Waals surface area contributed by atoms with Crippen LogP contribution < -0.4 is 0 Å². The highest BCUT2D eigenvalue weighted by molar-refractivity contribution is 7.98. The largest absolute Gasteiger partial charge is 0.262 e. The van der Waals surface area contributed by atoms with E-state index in [4.69, 9.17) is 11.6 Å². The maximum absolute atomic E-state index is 5.87. The summed E-state index contributed by atoms with van der Waals surface area (Å²) in [6, 6.07) is 11.5. The number of aromatic nitrogens is 5. The molecule has 0 atom stereocenters. The molecule has 1 aromatic carbocycles. The second-order valence-corrected chi connectivity index (χ2v) is 5.38. The first-order chi connectivity index (χ1) is 9.83. The number of hydrogen-bond donors (Lipinski definition) is 0. The molecule has 0 aliphatic carbocycles. The molecule has 7 heteroatoms. The van der Waals surface area contributed by atoms with Crippen molar-refractivity contribution in [2.45, 2.75) is 10.9 Å². The SMILES string of the molecule is Clc1ccc(CSc2nnnn2-c2cccnc2)cc1. The fourth-order valence-corrected chi connectivity index (χ4v) is 2.61. The normalized spacial score (nSPS) is 10.7. The number of halogens is 1. The van der Waals surface area contributed by atoms with Crippen molar-refractivity contribution in [3.8, 4) is 5.69 Å².